The van der Waals surface area contributed by atoms with Gasteiger partial charge in [-0.1, -0.05) is 11.3 Å². The van der Waals surface area contributed by atoms with E-state index in [4.69, 9.17) is 5.26 Å². The Labute approximate surface area is 136 Å². The SMILES string of the molecule is Cn1c(=O)sc2cc(S(=O)(=O)Nc3ccc(C#N)cc3)ccc21. The molecule has 23 heavy (non-hydrogen) atoms. The summed E-state index contributed by atoms with van der Waals surface area (Å²) in [5.41, 5.74) is 1.51. The van der Waals surface area contributed by atoms with Crippen LogP contribution >= 0.6 is 11.3 Å². The summed E-state index contributed by atoms with van der Waals surface area (Å²) in [6, 6.07) is 12.6. The van der Waals surface area contributed by atoms with Gasteiger partial charge in [0.25, 0.3) is 10.0 Å². The standard InChI is InChI=1S/C15H11N3O3S2/c1-18-13-7-6-12(8-14(13)22-15(18)19)23(20,21)17-11-4-2-10(9-16)3-5-11/h2-8,17H,1H3. The number of anilines is 1. The lowest BCUT2D eigenvalue weighted by molar-refractivity contribution is 0.601. The normalized spacial score (nSPS) is 11.3. The van der Waals surface area contributed by atoms with E-state index in [1.54, 1.807) is 13.1 Å². The molecule has 0 radical (unpaired) electrons. The maximum absolute atomic E-state index is 12.4. The predicted octanol–water partition coefficient (Wildman–Crippen LogP) is 2.27. The average Bonchev–Trinajstić information content (AvgIpc) is 2.82. The van der Waals surface area contributed by atoms with Crippen LogP contribution in [0.2, 0.25) is 0 Å². The third-order valence-electron chi connectivity index (χ3n) is 3.34. The Morgan fingerprint density at radius 3 is 2.52 bits per heavy atom. The van der Waals surface area contributed by atoms with Gasteiger partial charge in [-0.25, -0.2) is 8.42 Å². The Bertz CT molecular complexity index is 1090. The number of hydrogen-bond acceptors (Lipinski definition) is 5. The van der Waals surface area contributed by atoms with Gasteiger partial charge in [0.15, 0.2) is 0 Å². The van der Waals surface area contributed by atoms with Gasteiger partial charge < -0.3 is 4.57 Å². The number of thiazole rings is 1. The third-order valence-corrected chi connectivity index (χ3v) is 5.71. The molecule has 1 heterocycles. The van der Waals surface area contributed by atoms with Crippen LogP contribution in [0.15, 0.2) is 52.2 Å². The van der Waals surface area contributed by atoms with E-state index in [1.165, 1.54) is 41.0 Å². The molecule has 0 saturated carbocycles. The van der Waals surface area contributed by atoms with E-state index in [-0.39, 0.29) is 9.77 Å². The Hall–Kier alpha value is -2.63. The second kappa shape index (κ2) is 5.53. The van der Waals surface area contributed by atoms with Gasteiger partial charge in [0.05, 0.1) is 26.7 Å². The fraction of sp³-hybridized carbons (Fsp3) is 0.0667. The summed E-state index contributed by atoms with van der Waals surface area (Å²) in [7, 11) is -2.12. The van der Waals surface area contributed by atoms with E-state index >= 15 is 0 Å². The minimum absolute atomic E-state index is 0.0798. The first-order chi connectivity index (χ1) is 10.9. The summed E-state index contributed by atoms with van der Waals surface area (Å²) in [6.45, 7) is 0. The highest BCUT2D eigenvalue weighted by molar-refractivity contribution is 7.92. The van der Waals surface area contributed by atoms with E-state index in [1.807, 2.05) is 6.07 Å². The molecule has 8 heteroatoms. The molecular formula is C15H11N3O3S2. The minimum Gasteiger partial charge on any atom is -0.302 e. The lowest BCUT2D eigenvalue weighted by Crippen LogP contribution is -2.12. The lowest BCUT2D eigenvalue weighted by Gasteiger charge is -2.08. The molecule has 3 rings (SSSR count). The number of benzene rings is 2. The van der Waals surface area contributed by atoms with Crippen molar-refractivity contribution >= 4 is 37.3 Å². The van der Waals surface area contributed by atoms with Gasteiger partial charge in [0.2, 0.25) is 0 Å². The summed E-state index contributed by atoms with van der Waals surface area (Å²) in [5.74, 6) is 0. The smallest absolute Gasteiger partial charge is 0.302 e. The van der Waals surface area contributed by atoms with Gasteiger partial charge >= 0.3 is 4.87 Å². The third kappa shape index (κ3) is 2.84. The molecule has 116 valence electrons. The van der Waals surface area contributed by atoms with Crippen LogP contribution in [0.4, 0.5) is 5.69 Å². The highest BCUT2D eigenvalue weighted by Crippen LogP contribution is 2.23. The number of hydrogen-bond donors (Lipinski definition) is 1. The van der Waals surface area contributed by atoms with Crippen LogP contribution in [-0.2, 0) is 17.1 Å². The summed E-state index contributed by atoms with van der Waals surface area (Å²) >= 11 is 0.999. The van der Waals surface area contributed by atoms with E-state index < -0.39 is 10.0 Å². The van der Waals surface area contributed by atoms with E-state index in [2.05, 4.69) is 4.72 Å². The van der Waals surface area contributed by atoms with Crippen molar-refractivity contribution < 1.29 is 8.42 Å². The number of nitrogens with zero attached hydrogens (tertiary/aromatic N) is 2. The molecule has 0 spiro atoms. The number of aromatic nitrogens is 1. The predicted molar refractivity (Wildman–Crippen MR) is 89.0 cm³/mol. The number of fused-ring (bicyclic) bond motifs is 1. The highest BCUT2D eigenvalue weighted by atomic mass is 32.2. The van der Waals surface area contributed by atoms with Gasteiger partial charge in [-0.3, -0.25) is 9.52 Å². The van der Waals surface area contributed by atoms with E-state index in [0.717, 1.165) is 11.3 Å². The van der Waals surface area contributed by atoms with Crippen molar-refractivity contribution in [3.05, 3.63) is 57.7 Å². The van der Waals surface area contributed by atoms with Crippen molar-refractivity contribution in [3.8, 4) is 6.07 Å². The summed E-state index contributed by atoms with van der Waals surface area (Å²) in [6.07, 6.45) is 0. The first kappa shape index (κ1) is 15.3. The molecule has 0 saturated heterocycles. The summed E-state index contributed by atoms with van der Waals surface area (Å²) in [5, 5.41) is 8.75. The minimum atomic E-state index is -3.77. The van der Waals surface area contributed by atoms with Gasteiger partial charge in [0.1, 0.15) is 0 Å². The molecule has 0 atom stereocenters. The maximum Gasteiger partial charge on any atom is 0.307 e. The molecule has 0 bridgehead atoms. The van der Waals surface area contributed by atoms with Crippen LogP contribution in [0, 0.1) is 11.3 Å². The molecule has 0 aliphatic carbocycles. The fourth-order valence-corrected chi connectivity index (χ4v) is 4.19. The van der Waals surface area contributed by atoms with Crippen LogP contribution < -0.4 is 9.60 Å². The number of nitriles is 1. The van der Waals surface area contributed by atoms with Gasteiger partial charge in [-0.05, 0) is 42.5 Å². The molecule has 1 N–H and O–H groups in total. The molecule has 0 amide bonds. The topological polar surface area (TPSA) is 92.0 Å². The second-order valence-corrected chi connectivity index (χ2v) is 7.53. The molecule has 2 aromatic carbocycles. The van der Waals surface area contributed by atoms with Crippen LogP contribution in [0.3, 0.4) is 0 Å². The monoisotopic (exact) mass is 345 g/mol. The highest BCUT2D eigenvalue weighted by Gasteiger charge is 2.16. The Morgan fingerprint density at radius 2 is 1.87 bits per heavy atom. The quantitative estimate of drug-likeness (QED) is 0.788. The number of aryl methyl sites for hydroxylation is 1. The molecule has 3 aromatic rings. The summed E-state index contributed by atoms with van der Waals surface area (Å²) in [4.78, 5) is 11.6. The number of nitrogens with one attached hydrogen (secondary N) is 1. The first-order valence-electron chi connectivity index (χ1n) is 6.53. The van der Waals surface area contributed by atoms with Crippen molar-refractivity contribution in [1.29, 1.82) is 5.26 Å². The fourth-order valence-electron chi connectivity index (χ4n) is 2.11. The zero-order valence-electron chi connectivity index (χ0n) is 12.0. The van der Waals surface area contributed by atoms with Gasteiger partial charge in [0, 0.05) is 12.7 Å². The zero-order valence-corrected chi connectivity index (χ0v) is 13.6. The number of sulfonamides is 1. The maximum atomic E-state index is 12.4. The van der Waals surface area contributed by atoms with E-state index in [0.29, 0.717) is 21.5 Å². The van der Waals surface area contributed by atoms with Gasteiger partial charge in [-0.2, -0.15) is 5.26 Å². The van der Waals surface area contributed by atoms with Crippen molar-refractivity contribution in [1.82, 2.24) is 4.57 Å². The molecule has 0 aliphatic rings. The molecule has 0 fully saturated rings. The van der Waals surface area contributed by atoms with Crippen LogP contribution in [0.25, 0.3) is 10.2 Å². The van der Waals surface area contributed by atoms with Crippen molar-refractivity contribution in [2.45, 2.75) is 4.90 Å². The van der Waals surface area contributed by atoms with Gasteiger partial charge in [-0.15, -0.1) is 0 Å². The first-order valence-corrected chi connectivity index (χ1v) is 8.83. The van der Waals surface area contributed by atoms with Crippen LogP contribution in [0.1, 0.15) is 5.56 Å². The van der Waals surface area contributed by atoms with Crippen molar-refractivity contribution in [2.24, 2.45) is 7.05 Å². The Balaban J connectivity index is 1.98. The Kier molecular flexibility index (Phi) is 3.67. The van der Waals surface area contributed by atoms with Crippen LogP contribution in [0.5, 0.6) is 0 Å². The lowest BCUT2D eigenvalue weighted by atomic mass is 10.2. The Morgan fingerprint density at radius 1 is 1.17 bits per heavy atom. The number of rotatable bonds is 3. The zero-order chi connectivity index (χ0) is 16.6. The summed E-state index contributed by atoms with van der Waals surface area (Å²) < 4.78 is 29.4. The van der Waals surface area contributed by atoms with E-state index in [9.17, 15) is 13.2 Å². The molecule has 1 aromatic heterocycles. The molecular weight excluding hydrogens is 334 g/mol. The second-order valence-electron chi connectivity index (χ2n) is 4.85. The van der Waals surface area contributed by atoms with Crippen molar-refractivity contribution in [2.75, 3.05) is 4.72 Å². The molecule has 6 nitrogen and oxygen atoms in total. The average molecular weight is 345 g/mol. The molecule has 0 aliphatic heterocycles. The largest absolute Gasteiger partial charge is 0.307 e. The van der Waals surface area contributed by atoms with Crippen LogP contribution in [-0.4, -0.2) is 13.0 Å². The van der Waals surface area contributed by atoms with Crippen molar-refractivity contribution in [3.63, 3.8) is 0 Å². The molecule has 0 unspecified atom stereocenters.